The van der Waals surface area contributed by atoms with E-state index in [2.05, 4.69) is 10.3 Å². The zero-order chi connectivity index (χ0) is 21.1. The molecule has 152 valence electrons. The molecule has 3 aromatic rings. The van der Waals surface area contributed by atoms with E-state index in [9.17, 15) is 14.4 Å². The zero-order valence-electron chi connectivity index (χ0n) is 16.7. The molecule has 7 nitrogen and oxygen atoms in total. The van der Waals surface area contributed by atoms with E-state index in [1.807, 2.05) is 17.0 Å². The number of nitrogens with zero attached hydrogens (tertiary/aromatic N) is 3. The molecule has 1 aliphatic rings. The predicted molar refractivity (Wildman–Crippen MR) is 112 cm³/mol. The first kappa shape index (κ1) is 19.6. The maximum atomic E-state index is 12.5. The number of benzene rings is 2. The van der Waals surface area contributed by atoms with Crippen LogP contribution in [0.2, 0.25) is 0 Å². The second-order valence-electron chi connectivity index (χ2n) is 7.34. The third kappa shape index (κ3) is 4.15. The van der Waals surface area contributed by atoms with E-state index in [-0.39, 0.29) is 17.6 Å². The first-order valence-corrected chi connectivity index (χ1v) is 9.81. The number of nitrogens with one attached hydrogen (secondary N) is 1. The fourth-order valence-electron chi connectivity index (χ4n) is 3.47. The summed E-state index contributed by atoms with van der Waals surface area (Å²) in [5, 5.41) is 2.83. The van der Waals surface area contributed by atoms with Crippen LogP contribution in [0.15, 0.2) is 60.9 Å². The smallest absolute Gasteiger partial charge is 0.255 e. The van der Waals surface area contributed by atoms with E-state index >= 15 is 0 Å². The van der Waals surface area contributed by atoms with Crippen LogP contribution in [0.1, 0.15) is 44.9 Å². The second-order valence-corrected chi connectivity index (χ2v) is 7.34. The number of anilines is 1. The molecule has 2 amide bonds. The number of aromatic nitrogens is 2. The van der Waals surface area contributed by atoms with E-state index in [1.54, 1.807) is 60.4 Å². The van der Waals surface area contributed by atoms with Gasteiger partial charge in [-0.15, -0.1) is 0 Å². The molecule has 4 rings (SSSR count). The number of amides is 2. The molecular weight excluding hydrogens is 380 g/mol. The molecule has 1 saturated heterocycles. The molecule has 1 N–H and O–H groups in total. The summed E-state index contributed by atoms with van der Waals surface area (Å²) >= 11 is 0. The molecule has 0 unspecified atom stereocenters. The van der Waals surface area contributed by atoms with Crippen molar-refractivity contribution in [3.05, 3.63) is 83.4 Å². The van der Waals surface area contributed by atoms with E-state index in [4.69, 9.17) is 0 Å². The van der Waals surface area contributed by atoms with Crippen LogP contribution in [0.25, 0.3) is 0 Å². The average molecular weight is 402 g/mol. The standard InChI is InChI=1S/C23H22N4O3/c1-26-14-12-24-22(26)21(29)17-8-10-19(11-9-17)25-23(30)18-6-4-16(5-7-18)15-27-13-2-3-20(27)28/h4-12,14H,2-3,13,15H2,1H3,(H,25,30). The van der Waals surface area contributed by atoms with Crippen LogP contribution in [-0.2, 0) is 18.4 Å². The highest BCUT2D eigenvalue weighted by molar-refractivity contribution is 6.07. The minimum absolute atomic E-state index is 0.174. The molecule has 2 aromatic carbocycles. The molecule has 0 bridgehead atoms. The van der Waals surface area contributed by atoms with Gasteiger partial charge in [0.1, 0.15) is 0 Å². The highest BCUT2D eigenvalue weighted by atomic mass is 16.2. The van der Waals surface area contributed by atoms with Gasteiger partial charge in [-0.2, -0.15) is 0 Å². The summed E-state index contributed by atoms with van der Waals surface area (Å²) in [5.74, 6) is 0.138. The summed E-state index contributed by atoms with van der Waals surface area (Å²) in [4.78, 5) is 42.6. The number of hydrogen-bond donors (Lipinski definition) is 1. The number of imidazole rings is 1. The third-order valence-electron chi connectivity index (χ3n) is 5.19. The molecule has 7 heteroatoms. The van der Waals surface area contributed by atoms with Crippen molar-refractivity contribution in [2.75, 3.05) is 11.9 Å². The van der Waals surface area contributed by atoms with Crippen LogP contribution in [0, 0.1) is 0 Å². The minimum atomic E-state index is -0.234. The van der Waals surface area contributed by atoms with E-state index in [1.165, 1.54) is 0 Å². The van der Waals surface area contributed by atoms with Crippen LogP contribution < -0.4 is 5.32 Å². The number of hydrogen-bond acceptors (Lipinski definition) is 4. The van der Waals surface area contributed by atoms with E-state index < -0.39 is 0 Å². The average Bonchev–Trinajstić information content (AvgIpc) is 3.36. The Labute approximate surface area is 174 Å². The van der Waals surface area contributed by atoms with Gasteiger partial charge in [-0.25, -0.2) is 4.98 Å². The lowest BCUT2D eigenvalue weighted by molar-refractivity contribution is -0.128. The van der Waals surface area contributed by atoms with Gasteiger partial charge >= 0.3 is 0 Å². The Balaban J connectivity index is 1.38. The zero-order valence-corrected chi connectivity index (χ0v) is 16.7. The molecule has 0 aliphatic carbocycles. The number of carbonyl (C=O) groups excluding carboxylic acids is 3. The molecular formula is C23H22N4O3. The quantitative estimate of drug-likeness (QED) is 0.643. The van der Waals surface area contributed by atoms with Crippen molar-refractivity contribution in [2.24, 2.45) is 7.05 Å². The molecule has 0 atom stereocenters. The Morgan fingerprint density at radius 3 is 2.33 bits per heavy atom. The molecule has 0 spiro atoms. The lowest BCUT2D eigenvalue weighted by Crippen LogP contribution is -2.23. The number of likely N-dealkylation sites (tertiary alicyclic amines) is 1. The Hall–Kier alpha value is -3.74. The molecule has 1 fully saturated rings. The molecule has 2 heterocycles. The largest absolute Gasteiger partial charge is 0.338 e. The van der Waals surface area contributed by atoms with Crippen LogP contribution in [0.4, 0.5) is 5.69 Å². The molecule has 1 aliphatic heterocycles. The van der Waals surface area contributed by atoms with Gasteiger partial charge in [0.05, 0.1) is 0 Å². The normalized spacial score (nSPS) is 13.5. The van der Waals surface area contributed by atoms with Crippen LogP contribution in [0.5, 0.6) is 0 Å². The topological polar surface area (TPSA) is 84.3 Å². The van der Waals surface area contributed by atoms with Crippen molar-refractivity contribution in [3.63, 3.8) is 0 Å². The highest BCUT2D eigenvalue weighted by Gasteiger charge is 2.20. The fourth-order valence-corrected chi connectivity index (χ4v) is 3.47. The molecule has 1 aromatic heterocycles. The van der Waals surface area contributed by atoms with Gasteiger partial charge in [0.15, 0.2) is 5.82 Å². The second kappa shape index (κ2) is 8.32. The summed E-state index contributed by atoms with van der Waals surface area (Å²) < 4.78 is 1.67. The lowest BCUT2D eigenvalue weighted by Gasteiger charge is -2.15. The van der Waals surface area contributed by atoms with Crippen molar-refractivity contribution >= 4 is 23.3 Å². The number of carbonyl (C=O) groups is 3. The number of rotatable bonds is 6. The SMILES string of the molecule is Cn1ccnc1C(=O)c1ccc(NC(=O)c2ccc(CN3CCCC3=O)cc2)cc1. The minimum Gasteiger partial charge on any atom is -0.338 e. The summed E-state index contributed by atoms with van der Waals surface area (Å²) in [6.45, 7) is 1.37. The van der Waals surface area contributed by atoms with Crippen molar-refractivity contribution in [2.45, 2.75) is 19.4 Å². The summed E-state index contributed by atoms with van der Waals surface area (Å²) in [6.07, 6.45) is 4.82. The third-order valence-corrected chi connectivity index (χ3v) is 5.19. The highest BCUT2D eigenvalue weighted by Crippen LogP contribution is 2.17. The van der Waals surface area contributed by atoms with Gasteiger partial charge < -0.3 is 14.8 Å². The number of ketones is 1. The first-order valence-electron chi connectivity index (χ1n) is 9.81. The molecule has 0 saturated carbocycles. The van der Waals surface area contributed by atoms with Gasteiger partial charge in [0.2, 0.25) is 11.7 Å². The Bertz CT molecular complexity index is 1080. The first-order chi connectivity index (χ1) is 14.5. The van der Waals surface area contributed by atoms with Crippen LogP contribution in [0.3, 0.4) is 0 Å². The van der Waals surface area contributed by atoms with Crippen molar-refractivity contribution in [1.29, 1.82) is 0 Å². The van der Waals surface area contributed by atoms with Gasteiger partial charge in [-0.3, -0.25) is 14.4 Å². The van der Waals surface area contributed by atoms with Gasteiger partial charge in [-0.05, 0) is 48.4 Å². The van der Waals surface area contributed by atoms with Crippen LogP contribution >= 0.6 is 0 Å². The van der Waals surface area contributed by atoms with E-state index in [0.717, 1.165) is 18.5 Å². The summed E-state index contributed by atoms with van der Waals surface area (Å²) in [5.41, 5.74) is 2.63. The molecule has 0 radical (unpaired) electrons. The maximum Gasteiger partial charge on any atom is 0.255 e. The van der Waals surface area contributed by atoms with Gasteiger partial charge in [0, 0.05) is 55.8 Å². The molecule has 30 heavy (non-hydrogen) atoms. The Morgan fingerprint density at radius 2 is 1.73 bits per heavy atom. The summed E-state index contributed by atoms with van der Waals surface area (Å²) in [7, 11) is 1.77. The maximum absolute atomic E-state index is 12.5. The van der Waals surface area contributed by atoms with Crippen molar-refractivity contribution in [1.82, 2.24) is 14.5 Å². The Morgan fingerprint density at radius 1 is 1.03 bits per heavy atom. The van der Waals surface area contributed by atoms with Gasteiger partial charge in [-0.1, -0.05) is 12.1 Å². The fraction of sp³-hybridized carbons (Fsp3) is 0.217. The lowest BCUT2D eigenvalue weighted by atomic mass is 10.1. The van der Waals surface area contributed by atoms with E-state index in [0.29, 0.717) is 35.6 Å². The number of aryl methyl sites for hydroxylation is 1. The van der Waals surface area contributed by atoms with Gasteiger partial charge in [0.25, 0.3) is 5.91 Å². The van der Waals surface area contributed by atoms with Crippen molar-refractivity contribution in [3.8, 4) is 0 Å². The van der Waals surface area contributed by atoms with Crippen LogP contribution in [-0.4, -0.2) is 38.6 Å². The summed E-state index contributed by atoms with van der Waals surface area (Å²) in [6, 6.07) is 14.0. The van der Waals surface area contributed by atoms with Crippen molar-refractivity contribution < 1.29 is 14.4 Å². The predicted octanol–water partition coefficient (Wildman–Crippen LogP) is 3.03. The monoisotopic (exact) mass is 402 g/mol. The Kier molecular flexibility index (Phi) is 5.43.